The quantitative estimate of drug-likeness (QED) is 0.164. The summed E-state index contributed by atoms with van der Waals surface area (Å²) >= 11 is 1.89. The lowest BCUT2D eigenvalue weighted by Gasteiger charge is -2.30. The molecule has 0 bridgehead atoms. The molecule has 2 heteroatoms. The molecule has 0 radical (unpaired) electrons. The average Bonchev–Trinajstić information content (AvgIpc) is 3.76. The Bertz CT molecular complexity index is 3150. The van der Waals surface area contributed by atoms with Gasteiger partial charge in [0.2, 0.25) is 0 Å². The summed E-state index contributed by atoms with van der Waals surface area (Å²) in [5.74, 6) is 0. The third kappa shape index (κ3) is 5.36. The number of nitrogens with zero attached hydrogens (tertiary/aromatic N) is 1. The van der Waals surface area contributed by atoms with Crippen LogP contribution in [0.5, 0.6) is 0 Å². The van der Waals surface area contributed by atoms with Crippen molar-refractivity contribution < 1.29 is 0 Å². The molecule has 0 spiro atoms. The summed E-state index contributed by atoms with van der Waals surface area (Å²) in [5.41, 5.74) is 15.9. The van der Waals surface area contributed by atoms with Crippen LogP contribution in [-0.2, 0) is 5.41 Å². The van der Waals surface area contributed by atoms with E-state index >= 15 is 0 Å². The van der Waals surface area contributed by atoms with Gasteiger partial charge in [-0.05, 0) is 91.9 Å². The second-order valence-corrected chi connectivity index (χ2v) is 16.7. The minimum atomic E-state index is -0.120. The molecule has 1 aliphatic carbocycles. The molecule has 1 heterocycles. The van der Waals surface area contributed by atoms with Gasteiger partial charge in [0, 0.05) is 47.9 Å². The summed E-state index contributed by atoms with van der Waals surface area (Å²) in [6.07, 6.45) is 0. The lowest BCUT2D eigenvalue weighted by Crippen LogP contribution is -2.17. The molecule has 1 aliphatic rings. The third-order valence-electron chi connectivity index (χ3n) is 12.1. The standard InChI is InChI=1S/C55H39NS/c1-55(2)50-24-11-8-19-44(50)45-32-31-39(35-51(45)55)56(52-25-12-9-20-46(52)42-18-7-6-17-40(42)36-15-4-3-5-16-36)38-29-27-37(28-30-38)41-22-14-23-48-43(41)33-34-49-47-21-10-13-26-53(47)57-54(48)49/h3-35H,1-2H3. The molecule has 0 saturated carbocycles. The zero-order valence-electron chi connectivity index (χ0n) is 31.9. The van der Waals surface area contributed by atoms with Crippen molar-refractivity contribution in [2.75, 3.05) is 4.90 Å². The van der Waals surface area contributed by atoms with Crippen molar-refractivity contribution in [2.24, 2.45) is 0 Å². The molecule has 9 aromatic carbocycles. The second-order valence-electron chi connectivity index (χ2n) is 15.7. The maximum Gasteiger partial charge on any atom is 0.0540 e. The zero-order chi connectivity index (χ0) is 38.1. The van der Waals surface area contributed by atoms with Crippen molar-refractivity contribution in [1.29, 1.82) is 0 Å². The zero-order valence-corrected chi connectivity index (χ0v) is 32.7. The molecule has 270 valence electrons. The normalized spacial score (nSPS) is 12.9. The summed E-state index contributed by atoms with van der Waals surface area (Å²) in [6, 6.07) is 73.8. The van der Waals surface area contributed by atoms with Crippen LogP contribution in [0.3, 0.4) is 0 Å². The summed E-state index contributed by atoms with van der Waals surface area (Å²) in [4.78, 5) is 2.46. The van der Waals surface area contributed by atoms with E-state index in [2.05, 4.69) is 219 Å². The highest BCUT2D eigenvalue weighted by Gasteiger charge is 2.36. The topological polar surface area (TPSA) is 3.24 Å². The Hall–Kier alpha value is -6.74. The van der Waals surface area contributed by atoms with E-state index in [1.807, 2.05) is 11.3 Å². The first-order valence-corrected chi connectivity index (χ1v) is 20.6. The Balaban J connectivity index is 1.08. The van der Waals surface area contributed by atoms with E-state index in [9.17, 15) is 0 Å². The molecule has 0 N–H and O–H groups in total. The lowest BCUT2D eigenvalue weighted by molar-refractivity contribution is 0.660. The van der Waals surface area contributed by atoms with Crippen LogP contribution in [0.1, 0.15) is 25.0 Å². The van der Waals surface area contributed by atoms with Gasteiger partial charge in [0.1, 0.15) is 0 Å². The molecular weight excluding hydrogens is 707 g/mol. The lowest BCUT2D eigenvalue weighted by atomic mass is 9.82. The molecule has 0 fully saturated rings. The number of hydrogen-bond donors (Lipinski definition) is 0. The Labute approximate surface area is 337 Å². The molecule has 0 saturated heterocycles. The van der Waals surface area contributed by atoms with Crippen molar-refractivity contribution in [1.82, 2.24) is 0 Å². The van der Waals surface area contributed by atoms with E-state index in [0.29, 0.717) is 0 Å². The summed E-state index contributed by atoms with van der Waals surface area (Å²) in [6.45, 7) is 4.72. The molecular formula is C55H39NS. The smallest absolute Gasteiger partial charge is 0.0540 e. The molecule has 57 heavy (non-hydrogen) atoms. The van der Waals surface area contributed by atoms with E-state index in [1.165, 1.54) is 86.6 Å². The number of anilines is 3. The maximum atomic E-state index is 2.46. The highest BCUT2D eigenvalue weighted by atomic mass is 32.1. The Morgan fingerprint density at radius 2 is 0.947 bits per heavy atom. The van der Waals surface area contributed by atoms with Gasteiger partial charge in [-0.15, -0.1) is 11.3 Å². The van der Waals surface area contributed by atoms with Gasteiger partial charge in [0.05, 0.1) is 5.69 Å². The highest BCUT2D eigenvalue weighted by molar-refractivity contribution is 7.26. The largest absolute Gasteiger partial charge is 0.310 e. The Morgan fingerprint density at radius 1 is 0.368 bits per heavy atom. The molecule has 0 unspecified atom stereocenters. The fourth-order valence-electron chi connectivity index (χ4n) is 9.32. The Morgan fingerprint density at radius 3 is 1.79 bits per heavy atom. The van der Waals surface area contributed by atoms with Crippen molar-refractivity contribution in [2.45, 2.75) is 19.3 Å². The monoisotopic (exact) mass is 745 g/mol. The molecule has 0 amide bonds. The minimum Gasteiger partial charge on any atom is -0.310 e. The van der Waals surface area contributed by atoms with E-state index in [0.717, 1.165) is 17.1 Å². The summed E-state index contributed by atoms with van der Waals surface area (Å²) in [5, 5.41) is 5.26. The SMILES string of the molecule is CC1(C)c2ccccc2-c2ccc(N(c3ccc(-c4cccc5c4ccc4c6ccccc6sc54)cc3)c3ccccc3-c3ccccc3-c3ccccc3)cc21. The van der Waals surface area contributed by atoms with Crippen molar-refractivity contribution in [3.63, 3.8) is 0 Å². The van der Waals surface area contributed by atoms with Crippen LogP contribution in [0.4, 0.5) is 17.1 Å². The number of fused-ring (bicyclic) bond motifs is 8. The fraction of sp³-hybridized carbons (Fsp3) is 0.0545. The second kappa shape index (κ2) is 13.2. The van der Waals surface area contributed by atoms with Crippen molar-refractivity contribution >= 4 is 59.3 Å². The van der Waals surface area contributed by atoms with Gasteiger partial charge in [0.25, 0.3) is 0 Å². The maximum absolute atomic E-state index is 2.46. The van der Waals surface area contributed by atoms with Gasteiger partial charge in [-0.3, -0.25) is 0 Å². The van der Waals surface area contributed by atoms with Crippen LogP contribution in [0.25, 0.3) is 75.5 Å². The fourth-order valence-corrected chi connectivity index (χ4v) is 10.6. The third-order valence-corrected chi connectivity index (χ3v) is 13.3. The number of rotatable bonds is 6. The summed E-state index contributed by atoms with van der Waals surface area (Å²) < 4.78 is 2.69. The van der Waals surface area contributed by atoms with Crippen molar-refractivity contribution in [3.05, 3.63) is 211 Å². The minimum absolute atomic E-state index is 0.120. The first-order chi connectivity index (χ1) is 28.0. The van der Waals surface area contributed by atoms with Crippen LogP contribution in [0, 0.1) is 0 Å². The van der Waals surface area contributed by atoms with E-state index < -0.39 is 0 Å². The molecule has 0 atom stereocenters. The van der Waals surface area contributed by atoms with Gasteiger partial charge in [0.15, 0.2) is 0 Å². The summed E-state index contributed by atoms with van der Waals surface area (Å²) in [7, 11) is 0. The van der Waals surface area contributed by atoms with Crippen LogP contribution < -0.4 is 4.90 Å². The number of thiophene rings is 1. The van der Waals surface area contributed by atoms with E-state index in [-0.39, 0.29) is 5.41 Å². The molecule has 1 aromatic heterocycles. The number of benzene rings is 9. The Kier molecular flexibility index (Phi) is 7.77. The first-order valence-electron chi connectivity index (χ1n) is 19.8. The van der Waals surface area contributed by atoms with Crippen LogP contribution in [0.2, 0.25) is 0 Å². The number of hydrogen-bond acceptors (Lipinski definition) is 2. The molecule has 11 rings (SSSR count). The predicted molar refractivity (Wildman–Crippen MR) is 245 cm³/mol. The molecule has 1 nitrogen and oxygen atoms in total. The van der Waals surface area contributed by atoms with E-state index in [1.54, 1.807) is 0 Å². The van der Waals surface area contributed by atoms with Gasteiger partial charge in [-0.2, -0.15) is 0 Å². The van der Waals surface area contributed by atoms with Crippen molar-refractivity contribution in [3.8, 4) is 44.5 Å². The molecule has 0 aliphatic heterocycles. The van der Waals surface area contributed by atoms with Crippen LogP contribution in [-0.4, -0.2) is 0 Å². The van der Waals surface area contributed by atoms with Gasteiger partial charge in [-0.25, -0.2) is 0 Å². The van der Waals surface area contributed by atoms with Gasteiger partial charge in [-0.1, -0.05) is 178 Å². The highest BCUT2D eigenvalue weighted by Crippen LogP contribution is 2.52. The van der Waals surface area contributed by atoms with Crippen LogP contribution in [0.15, 0.2) is 200 Å². The van der Waals surface area contributed by atoms with Gasteiger partial charge >= 0.3 is 0 Å². The first kappa shape index (κ1) is 33.6. The van der Waals surface area contributed by atoms with Crippen LogP contribution >= 0.6 is 11.3 Å². The van der Waals surface area contributed by atoms with E-state index in [4.69, 9.17) is 0 Å². The van der Waals surface area contributed by atoms with Gasteiger partial charge < -0.3 is 4.90 Å². The molecule has 10 aromatic rings. The number of para-hydroxylation sites is 1. The average molecular weight is 746 g/mol. The predicted octanol–water partition coefficient (Wildman–Crippen LogP) is 16.0.